The average molecular weight is 320 g/mol. The predicted octanol–water partition coefficient (Wildman–Crippen LogP) is 3.00. The largest absolute Gasteiger partial charge is 0.378 e. The van der Waals surface area contributed by atoms with E-state index in [9.17, 15) is 4.79 Å². The second kappa shape index (κ2) is 7.88. The molecule has 0 saturated carbocycles. The van der Waals surface area contributed by atoms with Crippen molar-refractivity contribution < 1.29 is 9.53 Å². The lowest BCUT2D eigenvalue weighted by Crippen LogP contribution is -2.36. The van der Waals surface area contributed by atoms with Crippen molar-refractivity contribution >= 4 is 29.0 Å². The summed E-state index contributed by atoms with van der Waals surface area (Å²) in [6.45, 7) is 3.27. The van der Waals surface area contributed by atoms with E-state index in [2.05, 4.69) is 16.3 Å². The molecule has 2 heterocycles. The van der Waals surface area contributed by atoms with Crippen molar-refractivity contribution in [3.63, 3.8) is 0 Å². The predicted molar refractivity (Wildman–Crippen MR) is 92.8 cm³/mol. The Morgan fingerprint density at radius 3 is 2.91 bits per heavy atom. The number of morpholine rings is 1. The summed E-state index contributed by atoms with van der Waals surface area (Å²) in [4.78, 5) is 14.6. The van der Waals surface area contributed by atoms with Crippen LogP contribution in [0.15, 0.2) is 24.3 Å². The molecule has 2 aliphatic heterocycles. The molecule has 0 aliphatic carbocycles. The summed E-state index contributed by atoms with van der Waals surface area (Å²) in [5.41, 5.74) is 2.04. The maximum absolute atomic E-state index is 12.4. The minimum Gasteiger partial charge on any atom is -0.378 e. The third-order valence-corrected chi connectivity index (χ3v) is 5.54. The van der Waals surface area contributed by atoms with Gasteiger partial charge in [-0.1, -0.05) is 12.1 Å². The smallest absolute Gasteiger partial charge is 0.224 e. The topological polar surface area (TPSA) is 41.6 Å². The van der Waals surface area contributed by atoms with Crippen LogP contribution in [0, 0.1) is 5.92 Å². The zero-order valence-corrected chi connectivity index (χ0v) is 13.7. The number of nitrogens with one attached hydrogen (secondary N) is 1. The van der Waals surface area contributed by atoms with E-state index in [0.29, 0.717) is 12.3 Å². The van der Waals surface area contributed by atoms with Crippen LogP contribution in [0.1, 0.15) is 19.3 Å². The van der Waals surface area contributed by atoms with Gasteiger partial charge in [-0.3, -0.25) is 4.79 Å². The number of hydrogen-bond donors (Lipinski definition) is 1. The second-order valence-corrected chi connectivity index (χ2v) is 7.10. The summed E-state index contributed by atoms with van der Waals surface area (Å²) in [5, 5.41) is 3.12. The molecule has 4 nitrogen and oxygen atoms in total. The number of thioether (sulfide) groups is 1. The number of ether oxygens (including phenoxy) is 1. The van der Waals surface area contributed by atoms with E-state index in [1.54, 1.807) is 0 Å². The van der Waals surface area contributed by atoms with Gasteiger partial charge in [0.15, 0.2) is 0 Å². The maximum atomic E-state index is 12.4. The molecule has 2 saturated heterocycles. The van der Waals surface area contributed by atoms with Gasteiger partial charge in [0.25, 0.3) is 0 Å². The highest BCUT2D eigenvalue weighted by Gasteiger charge is 2.19. The fraction of sp³-hybridized carbons (Fsp3) is 0.588. The van der Waals surface area contributed by atoms with Gasteiger partial charge in [0.1, 0.15) is 0 Å². The molecule has 0 bridgehead atoms. The molecule has 0 spiro atoms. The first-order chi connectivity index (χ1) is 10.8. The molecule has 120 valence electrons. The SMILES string of the molecule is O=C(CC1CCCSC1)Nc1ccccc1N1CCOCC1. The number of carbonyl (C=O) groups is 1. The first-order valence-corrected chi connectivity index (χ1v) is 9.28. The van der Waals surface area contributed by atoms with Crippen molar-refractivity contribution in [2.75, 3.05) is 48.0 Å². The van der Waals surface area contributed by atoms with E-state index in [4.69, 9.17) is 4.74 Å². The van der Waals surface area contributed by atoms with Crippen LogP contribution in [0.4, 0.5) is 11.4 Å². The van der Waals surface area contributed by atoms with Gasteiger partial charge in [-0.2, -0.15) is 11.8 Å². The third kappa shape index (κ3) is 4.17. The van der Waals surface area contributed by atoms with Crippen LogP contribution in [0.25, 0.3) is 0 Å². The van der Waals surface area contributed by atoms with Crippen molar-refractivity contribution in [2.24, 2.45) is 5.92 Å². The molecule has 5 heteroatoms. The highest BCUT2D eigenvalue weighted by molar-refractivity contribution is 7.99. The number of rotatable bonds is 4. The zero-order chi connectivity index (χ0) is 15.2. The fourth-order valence-corrected chi connectivity index (χ4v) is 4.25. The number of para-hydroxylation sites is 2. The van der Waals surface area contributed by atoms with Crippen LogP contribution in [-0.2, 0) is 9.53 Å². The van der Waals surface area contributed by atoms with Gasteiger partial charge in [-0.15, -0.1) is 0 Å². The summed E-state index contributed by atoms with van der Waals surface area (Å²) in [5.74, 6) is 3.05. The van der Waals surface area contributed by atoms with Crippen LogP contribution in [0.3, 0.4) is 0 Å². The summed E-state index contributed by atoms with van der Waals surface area (Å²) < 4.78 is 5.41. The van der Waals surface area contributed by atoms with Crippen LogP contribution in [-0.4, -0.2) is 43.7 Å². The van der Waals surface area contributed by atoms with E-state index in [1.165, 1.54) is 18.6 Å². The van der Waals surface area contributed by atoms with Gasteiger partial charge in [0.2, 0.25) is 5.91 Å². The maximum Gasteiger partial charge on any atom is 0.224 e. The minimum atomic E-state index is 0.146. The Hall–Kier alpha value is -1.20. The van der Waals surface area contributed by atoms with Crippen LogP contribution >= 0.6 is 11.8 Å². The first-order valence-electron chi connectivity index (χ1n) is 8.12. The lowest BCUT2D eigenvalue weighted by atomic mass is 10.0. The van der Waals surface area contributed by atoms with Gasteiger partial charge in [-0.05, 0) is 42.4 Å². The lowest BCUT2D eigenvalue weighted by Gasteiger charge is -2.30. The molecule has 1 aromatic carbocycles. The van der Waals surface area contributed by atoms with Crippen molar-refractivity contribution in [3.8, 4) is 0 Å². The van der Waals surface area contributed by atoms with Crippen LogP contribution < -0.4 is 10.2 Å². The molecular formula is C17H24N2O2S. The van der Waals surface area contributed by atoms with E-state index in [0.717, 1.165) is 43.4 Å². The van der Waals surface area contributed by atoms with Crippen molar-refractivity contribution in [1.29, 1.82) is 0 Å². The number of anilines is 2. The first kappa shape index (κ1) is 15.7. The fourth-order valence-electron chi connectivity index (χ4n) is 3.09. The Kier molecular flexibility index (Phi) is 5.62. The molecule has 0 radical (unpaired) electrons. The molecule has 1 atom stereocenters. The van der Waals surface area contributed by atoms with Gasteiger partial charge < -0.3 is 15.0 Å². The standard InChI is InChI=1S/C17H24N2O2S/c20-17(12-14-4-3-11-22-13-14)18-15-5-1-2-6-16(15)19-7-9-21-10-8-19/h1-2,5-6,14H,3-4,7-13H2,(H,18,20). The Morgan fingerprint density at radius 2 is 2.14 bits per heavy atom. The van der Waals surface area contributed by atoms with Crippen molar-refractivity contribution in [3.05, 3.63) is 24.3 Å². The minimum absolute atomic E-state index is 0.146. The van der Waals surface area contributed by atoms with Crippen LogP contribution in [0.2, 0.25) is 0 Å². The summed E-state index contributed by atoms with van der Waals surface area (Å²) in [6.07, 6.45) is 3.07. The molecule has 1 unspecified atom stereocenters. The molecule has 1 N–H and O–H groups in total. The Morgan fingerprint density at radius 1 is 1.32 bits per heavy atom. The summed E-state index contributed by atoms with van der Waals surface area (Å²) in [7, 11) is 0. The Bertz CT molecular complexity index is 497. The highest BCUT2D eigenvalue weighted by Crippen LogP contribution is 2.28. The average Bonchev–Trinajstić information content (AvgIpc) is 2.57. The van der Waals surface area contributed by atoms with Gasteiger partial charge in [-0.25, -0.2) is 0 Å². The van der Waals surface area contributed by atoms with E-state index >= 15 is 0 Å². The molecule has 3 rings (SSSR count). The second-order valence-electron chi connectivity index (χ2n) is 5.95. The zero-order valence-electron chi connectivity index (χ0n) is 12.9. The summed E-state index contributed by atoms with van der Waals surface area (Å²) in [6, 6.07) is 8.09. The number of nitrogens with zero attached hydrogens (tertiary/aromatic N) is 1. The molecule has 1 amide bonds. The summed E-state index contributed by atoms with van der Waals surface area (Å²) >= 11 is 1.98. The van der Waals surface area contributed by atoms with Crippen LogP contribution in [0.5, 0.6) is 0 Å². The Labute approximate surface area is 136 Å². The highest BCUT2D eigenvalue weighted by atomic mass is 32.2. The monoisotopic (exact) mass is 320 g/mol. The van der Waals surface area contributed by atoms with Gasteiger partial charge in [0, 0.05) is 19.5 Å². The quantitative estimate of drug-likeness (QED) is 0.926. The molecular weight excluding hydrogens is 296 g/mol. The van der Waals surface area contributed by atoms with Gasteiger partial charge >= 0.3 is 0 Å². The molecule has 2 aliphatic rings. The third-order valence-electron chi connectivity index (χ3n) is 4.26. The number of hydrogen-bond acceptors (Lipinski definition) is 4. The normalized spacial score (nSPS) is 22.4. The number of carbonyl (C=O) groups excluding carboxylic acids is 1. The molecule has 0 aromatic heterocycles. The van der Waals surface area contributed by atoms with Gasteiger partial charge in [0.05, 0.1) is 24.6 Å². The lowest BCUT2D eigenvalue weighted by molar-refractivity contribution is -0.117. The van der Waals surface area contributed by atoms with E-state index < -0.39 is 0 Å². The van der Waals surface area contributed by atoms with Crippen molar-refractivity contribution in [2.45, 2.75) is 19.3 Å². The molecule has 2 fully saturated rings. The Balaban J connectivity index is 1.62. The molecule has 22 heavy (non-hydrogen) atoms. The van der Waals surface area contributed by atoms with E-state index in [1.807, 2.05) is 30.0 Å². The number of amides is 1. The van der Waals surface area contributed by atoms with Crippen molar-refractivity contribution in [1.82, 2.24) is 0 Å². The van der Waals surface area contributed by atoms with E-state index in [-0.39, 0.29) is 5.91 Å². The number of benzene rings is 1. The molecule has 1 aromatic rings.